The minimum absolute atomic E-state index is 0.0386. The van der Waals surface area contributed by atoms with Crippen LogP contribution in [0.2, 0.25) is 0 Å². The second-order valence-corrected chi connectivity index (χ2v) is 6.51. The Morgan fingerprint density at radius 1 is 1.14 bits per heavy atom. The summed E-state index contributed by atoms with van der Waals surface area (Å²) in [5.41, 5.74) is 1.10. The van der Waals surface area contributed by atoms with Crippen LogP contribution in [0.3, 0.4) is 0 Å². The summed E-state index contributed by atoms with van der Waals surface area (Å²) in [5.74, 6) is -0.0452. The molecule has 2 aromatic rings. The van der Waals surface area contributed by atoms with Gasteiger partial charge in [0.05, 0.1) is 6.54 Å². The number of rotatable bonds is 8. The number of halogens is 2. The third-order valence-corrected chi connectivity index (χ3v) is 3.98. The molecule has 0 fully saturated rings. The molecule has 0 radical (unpaired) electrons. The Morgan fingerprint density at radius 3 is 2.66 bits per heavy atom. The third-order valence-electron chi connectivity index (χ3n) is 3.98. The van der Waals surface area contributed by atoms with Crippen LogP contribution in [-0.2, 0) is 17.9 Å². The molecule has 29 heavy (non-hydrogen) atoms. The van der Waals surface area contributed by atoms with Gasteiger partial charge >= 0.3 is 0 Å². The molecule has 2 aromatic carbocycles. The molecule has 156 valence electrons. The fraction of sp³-hybridized carbons (Fsp3) is 0.333. The number of nitrogens with zero attached hydrogens (tertiary/aromatic N) is 2. The van der Waals surface area contributed by atoms with Gasteiger partial charge in [-0.15, -0.1) is 0 Å². The summed E-state index contributed by atoms with van der Waals surface area (Å²) in [5, 5.41) is 6.06. The van der Waals surface area contributed by atoms with Gasteiger partial charge < -0.3 is 20.3 Å². The van der Waals surface area contributed by atoms with E-state index in [0.29, 0.717) is 24.8 Å². The Balaban J connectivity index is 1.99. The molecule has 0 saturated carbocycles. The molecule has 0 saturated heterocycles. The molecule has 0 unspecified atom stereocenters. The van der Waals surface area contributed by atoms with Gasteiger partial charge in [-0.2, -0.15) is 0 Å². The summed E-state index contributed by atoms with van der Waals surface area (Å²) in [6.45, 7) is 2.94. The van der Waals surface area contributed by atoms with Gasteiger partial charge in [0, 0.05) is 32.7 Å². The third kappa shape index (κ3) is 7.40. The largest absolute Gasteiger partial charge is 0.484 e. The van der Waals surface area contributed by atoms with E-state index >= 15 is 0 Å². The molecule has 0 heterocycles. The molecule has 8 heteroatoms. The highest BCUT2D eigenvalue weighted by Crippen LogP contribution is 2.14. The molecule has 0 aliphatic carbocycles. The number of carbonyl (C=O) groups excluding carboxylic acids is 1. The van der Waals surface area contributed by atoms with E-state index in [1.54, 1.807) is 20.2 Å². The van der Waals surface area contributed by atoms with Crippen LogP contribution in [0.4, 0.5) is 8.78 Å². The minimum atomic E-state index is -0.491. The summed E-state index contributed by atoms with van der Waals surface area (Å²) in [6, 6.07) is 10.6. The number of carbonyl (C=O) groups is 1. The van der Waals surface area contributed by atoms with Crippen LogP contribution in [0.5, 0.6) is 5.75 Å². The number of guanidine groups is 1. The molecule has 6 nitrogen and oxygen atoms in total. The van der Waals surface area contributed by atoms with Gasteiger partial charge in [0.25, 0.3) is 5.91 Å². The fourth-order valence-electron chi connectivity index (χ4n) is 2.38. The van der Waals surface area contributed by atoms with E-state index in [1.165, 1.54) is 4.90 Å². The van der Waals surface area contributed by atoms with Crippen LogP contribution in [0.15, 0.2) is 47.5 Å². The number of amides is 1. The maximum atomic E-state index is 13.8. The number of nitrogens with one attached hydrogen (secondary N) is 2. The first-order valence-electron chi connectivity index (χ1n) is 9.27. The Bertz CT molecular complexity index is 856. The molecule has 0 aromatic heterocycles. The van der Waals surface area contributed by atoms with Gasteiger partial charge in [0.2, 0.25) is 0 Å². The topological polar surface area (TPSA) is 66.0 Å². The maximum absolute atomic E-state index is 13.8. The standard InChI is InChI=1S/C21H26F2N4O2/c1-4-24-21(26-13-16-11-17(22)8-9-19(16)23)25-12-15-6-5-7-18(10-15)29-14-20(28)27(2)3/h5-11H,4,12-14H2,1-3H3,(H2,24,25,26). The molecule has 1 amide bonds. The Kier molecular flexibility index (Phi) is 8.39. The van der Waals surface area contributed by atoms with Crippen molar-refractivity contribution in [1.29, 1.82) is 0 Å². The lowest BCUT2D eigenvalue weighted by Crippen LogP contribution is -2.37. The number of aliphatic imine (C=N–C) groups is 1. The number of benzene rings is 2. The van der Waals surface area contributed by atoms with Gasteiger partial charge in [0.1, 0.15) is 17.4 Å². The molecular formula is C21H26F2N4O2. The van der Waals surface area contributed by atoms with Gasteiger partial charge in [-0.05, 0) is 42.8 Å². The van der Waals surface area contributed by atoms with Gasteiger partial charge in [0.15, 0.2) is 12.6 Å². The zero-order chi connectivity index (χ0) is 21.2. The van der Waals surface area contributed by atoms with Crippen molar-refractivity contribution in [3.8, 4) is 5.75 Å². The van der Waals surface area contributed by atoms with Crippen molar-refractivity contribution in [2.45, 2.75) is 20.0 Å². The van der Waals surface area contributed by atoms with Crippen LogP contribution < -0.4 is 15.4 Å². The molecular weight excluding hydrogens is 378 g/mol. The zero-order valence-electron chi connectivity index (χ0n) is 16.8. The van der Waals surface area contributed by atoms with Crippen molar-refractivity contribution in [2.24, 2.45) is 4.99 Å². The number of hydrogen-bond donors (Lipinski definition) is 2. The molecule has 0 atom stereocenters. The average molecular weight is 404 g/mol. The maximum Gasteiger partial charge on any atom is 0.259 e. The fourth-order valence-corrected chi connectivity index (χ4v) is 2.38. The smallest absolute Gasteiger partial charge is 0.259 e. The highest BCUT2D eigenvalue weighted by molar-refractivity contribution is 5.79. The first kappa shape index (κ1) is 22.1. The van der Waals surface area contributed by atoms with E-state index in [4.69, 9.17) is 4.74 Å². The quantitative estimate of drug-likeness (QED) is 0.525. The second-order valence-electron chi connectivity index (χ2n) is 6.51. The molecule has 0 aliphatic heterocycles. The van der Waals surface area contributed by atoms with E-state index in [0.717, 1.165) is 23.8 Å². The lowest BCUT2D eigenvalue weighted by Gasteiger charge is -2.13. The molecule has 2 N–H and O–H groups in total. The van der Waals surface area contributed by atoms with Crippen molar-refractivity contribution in [2.75, 3.05) is 27.2 Å². The lowest BCUT2D eigenvalue weighted by atomic mass is 10.2. The van der Waals surface area contributed by atoms with Crippen molar-refractivity contribution in [3.05, 3.63) is 65.2 Å². The number of hydrogen-bond acceptors (Lipinski definition) is 3. The summed E-state index contributed by atoms with van der Waals surface area (Å²) in [4.78, 5) is 17.6. The Labute approximate surface area is 169 Å². The Morgan fingerprint density at radius 2 is 1.93 bits per heavy atom. The van der Waals surface area contributed by atoms with E-state index in [-0.39, 0.29) is 24.6 Å². The summed E-state index contributed by atoms with van der Waals surface area (Å²) >= 11 is 0. The predicted molar refractivity (Wildman–Crippen MR) is 109 cm³/mol. The highest BCUT2D eigenvalue weighted by atomic mass is 19.1. The highest BCUT2D eigenvalue weighted by Gasteiger charge is 2.07. The second kappa shape index (κ2) is 11.0. The first-order chi connectivity index (χ1) is 13.9. The first-order valence-corrected chi connectivity index (χ1v) is 9.27. The van der Waals surface area contributed by atoms with Gasteiger partial charge in [-0.1, -0.05) is 12.1 Å². The normalized spacial score (nSPS) is 11.1. The number of ether oxygens (including phenoxy) is 1. The Hall–Kier alpha value is -3.16. The van der Waals surface area contributed by atoms with Crippen LogP contribution in [0.1, 0.15) is 18.1 Å². The van der Waals surface area contributed by atoms with Crippen LogP contribution in [0.25, 0.3) is 0 Å². The van der Waals surface area contributed by atoms with Crippen molar-refractivity contribution >= 4 is 11.9 Å². The van der Waals surface area contributed by atoms with Crippen LogP contribution in [-0.4, -0.2) is 44.0 Å². The van der Waals surface area contributed by atoms with Gasteiger partial charge in [-0.25, -0.2) is 13.8 Å². The van der Waals surface area contributed by atoms with E-state index in [9.17, 15) is 13.6 Å². The molecule has 2 rings (SSSR count). The number of likely N-dealkylation sites (N-methyl/N-ethyl adjacent to an activating group) is 1. The van der Waals surface area contributed by atoms with Crippen molar-refractivity contribution < 1.29 is 18.3 Å². The van der Waals surface area contributed by atoms with E-state index in [1.807, 2.05) is 25.1 Å². The molecule has 0 bridgehead atoms. The monoisotopic (exact) mass is 404 g/mol. The summed E-state index contributed by atoms with van der Waals surface area (Å²) < 4.78 is 32.6. The van der Waals surface area contributed by atoms with Gasteiger partial charge in [-0.3, -0.25) is 4.79 Å². The molecule has 0 spiro atoms. The summed E-state index contributed by atoms with van der Waals surface area (Å²) in [7, 11) is 3.34. The van der Waals surface area contributed by atoms with Crippen molar-refractivity contribution in [1.82, 2.24) is 15.5 Å². The lowest BCUT2D eigenvalue weighted by molar-refractivity contribution is -0.130. The summed E-state index contributed by atoms with van der Waals surface area (Å²) in [6.07, 6.45) is 0. The SMILES string of the molecule is CCNC(=NCc1cccc(OCC(=O)N(C)C)c1)NCc1cc(F)ccc1F. The minimum Gasteiger partial charge on any atom is -0.484 e. The van der Waals surface area contributed by atoms with E-state index in [2.05, 4.69) is 15.6 Å². The zero-order valence-corrected chi connectivity index (χ0v) is 16.8. The predicted octanol–water partition coefficient (Wildman–Crippen LogP) is 2.69. The van der Waals surface area contributed by atoms with Crippen LogP contribution in [0, 0.1) is 11.6 Å². The van der Waals surface area contributed by atoms with Crippen molar-refractivity contribution in [3.63, 3.8) is 0 Å². The average Bonchev–Trinajstić information content (AvgIpc) is 2.70. The molecule has 0 aliphatic rings. The van der Waals surface area contributed by atoms with Crippen LogP contribution >= 0.6 is 0 Å². The van der Waals surface area contributed by atoms with E-state index < -0.39 is 11.6 Å².